The first-order valence-electron chi connectivity index (χ1n) is 26.6. The van der Waals surface area contributed by atoms with Crippen molar-refractivity contribution in [3.05, 3.63) is 155 Å². The van der Waals surface area contributed by atoms with Crippen LogP contribution in [0.15, 0.2) is 127 Å². The summed E-state index contributed by atoms with van der Waals surface area (Å²) in [5, 5.41) is 8.64. The number of carbonyl (C=O) groups excluding carboxylic acids is 2. The number of alkyl halides is 3. The van der Waals surface area contributed by atoms with E-state index in [1.165, 1.54) is 37.3 Å². The third-order valence-corrected chi connectivity index (χ3v) is 13.9. The number of anilines is 2. The van der Waals surface area contributed by atoms with Crippen molar-refractivity contribution in [3.8, 4) is 0 Å². The molecule has 1 atom stereocenters. The summed E-state index contributed by atoms with van der Waals surface area (Å²) in [4.78, 5) is 33.8. The zero-order valence-corrected chi connectivity index (χ0v) is 45.8. The number of allylic oxidation sites excluding steroid dienone is 2. The van der Waals surface area contributed by atoms with Gasteiger partial charge >= 0.3 is 6.18 Å². The summed E-state index contributed by atoms with van der Waals surface area (Å²) in [5.74, 6) is 0.457. The number of carbonyl (C=O) groups is 2. The Morgan fingerprint density at radius 3 is 2.12 bits per heavy atom. The van der Waals surface area contributed by atoms with Gasteiger partial charge in [0.05, 0.1) is 30.0 Å². The maximum Gasteiger partial charge on any atom is 0.418 e. The van der Waals surface area contributed by atoms with Crippen LogP contribution in [-0.2, 0) is 29.1 Å². The Bertz CT molecular complexity index is 2230. The monoisotopic (exact) mass is 1020 g/mol. The molecule has 0 amide bonds. The predicted octanol–water partition coefficient (Wildman–Crippen LogP) is 12.9. The van der Waals surface area contributed by atoms with Crippen LogP contribution in [0.4, 0.5) is 24.5 Å². The fourth-order valence-corrected chi connectivity index (χ4v) is 9.26. The Morgan fingerprint density at radius 2 is 1.55 bits per heavy atom. The van der Waals surface area contributed by atoms with E-state index >= 15 is 0 Å². The quantitative estimate of drug-likeness (QED) is 0.0652. The molecule has 10 nitrogen and oxygen atoms in total. The van der Waals surface area contributed by atoms with E-state index in [1.807, 2.05) is 82.4 Å². The second kappa shape index (κ2) is 33.3. The van der Waals surface area contributed by atoms with Crippen molar-refractivity contribution in [2.24, 2.45) is 0 Å². The van der Waals surface area contributed by atoms with Crippen LogP contribution in [0.25, 0.3) is 0 Å². The summed E-state index contributed by atoms with van der Waals surface area (Å²) in [6.07, 6.45) is 14.2. The lowest BCUT2D eigenvalue weighted by molar-refractivity contribution is -0.112. The van der Waals surface area contributed by atoms with E-state index in [0.29, 0.717) is 43.2 Å². The second-order valence-corrected chi connectivity index (χ2v) is 19.3. The van der Waals surface area contributed by atoms with E-state index in [4.69, 9.17) is 10.1 Å². The molecule has 406 valence electrons. The highest BCUT2D eigenvalue weighted by atomic mass is 19.4. The highest BCUT2D eigenvalue weighted by Gasteiger charge is 2.39. The molecule has 3 aromatic carbocycles. The van der Waals surface area contributed by atoms with E-state index in [-0.39, 0.29) is 17.8 Å². The van der Waals surface area contributed by atoms with Crippen LogP contribution in [0.2, 0.25) is 0 Å². The molecule has 1 aliphatic carbocycles. The summed E-state index contributed by atoms with van der Waals surface area (Å²) < 4.78 is 49.9. The van der Waals surface area contributed by atoms with Gasteiger partial charge in [0, 0.05) is 82.7 Å². The number of aldehydes is 2. The fraction of sp³-hybridized carbons (Fsp3) is 0.492. The van der Waals surface area contributed by atoms with Gasteiger partial charge in [0.2, 0.25) is 0 Å². The van der Waals surface area contributed by atoms with Crippen molar-refractivity contribution in [2.75, 3.05) is 77.3 Å². The number of likely N-dealkylation sites (N-methyl/N-ethyl adjacent to an activating group) is 3. The third-order valence-electron chi connectivity index (χ3n) is 13.9. The lowest BCUT2D eigenvalue weighted by Crippen LogP contribution is -2.38. The van der Waals surface area contributed by atoms with Gasteiger partial charge in [-0.25, -0.2) is 0 Å². The maximum absolute atomic E-state index is 14.5. The number of piperidine rings is 2. The Hall–Kier alpha value is -5.60. The number of rotatable bonds is 20. The van der Waals surface area contributed by atoms with Crippen molar-refractivity contribution in [2.45, 2.75) is 129 Å². The summed E-state index contributed by atoms with van der Waals surface area (Å²) in [7, 11) is 7.30. The molecule has 1 saturated carbocycles. The van der Waals surface area contributed by atoms with Gasteiger partial charge in [0.25, 0.3) is 0 Å². The minimum absolute atomic E-state index is 0.0980. The molecule has 0 spiro atoms. The number of hydrogen-bond donors (Lipinski definition) is 2. The van der Waals surface area contributed by atoms with Gasteiger partial charge in [0.15, 0.2) is 0 Å². The normalized spacial score (nSPS) is 17.0. The molecule has 7 rings (SSSR count). The third kappa shape index (κ3) is 19.9. The number of nitrogens with one attached hydrogen (secondary N) is 2. The van der Waals surface area contributed by atoms with E-state index in [2.05, 4.69) is 71.9 Å². The molecule has 3 aliphatic heterocycles. The smallest absolute Gasteiger partial charge is 0.373 e. The fourth-order valence-electron chi connectivity index (χ4n) is 9.26. The molecule has 0 aromatic heterocycles. The van der Waals surface area contributed by atoms with Crippen LogP contribution in [0, 0.1) is 5.41 Å². The largest absolute Gasteiger partial charge is 0.418 e. The molecule has 74 heavy (non-hydrogen) atoms. The van der Waals surface area contributed by atoms with Gasteiger partial charge in [-0.15, -0.1) is 19.7 Å². The minimum Gasteiger partial charge on any atom is -0.373 e. The van der Waals surface area contributed by atoms with Crippen LogP contribution in [0.3, 0.4) is 0 Å². The molecule has 0 radical (unpaired) electrons. The molecular weight excluding hydrogens is 936 g/mol. The van der Waals surface area contributed by atoms with Gasteiger partial charge in [-0.3, -0.25) is 14.6 Å². The Labute approximate surface area is 443 Å². The minimum atomic E-state index is -4.50. The SMILES string of the molecule is C1CCC1.C=C.C=C(C)CCC(C=O)N(C)Cc1cc(N2CCC(c3ccc(COC4CCN(CC5=CN(C)/C(=C\N(C)c6cccc(CCNC)c6)C(C(F)(F)F)=C5)CC4)cc3)CC2)ccc1C=O.C=N.CC. The van der Waals surface area contributed by atoms with Crippen LogP contribution in [0.1, 0.15) is 124 Å². The topological polar surface area (TPSA) is 95.5 Å². The number of benzene rings is 3. The average molecular weight is 1020 g/mol. The second-order valence-electron chi connectivity index (χ2n) is 19.3. The predicted molar refractivity (Wildman–Crippen MR) is 304 cm³/mol. The molecule has 3 aromatic rings. The van der Waals surface area contributed by atoms with Crippen LogP contribution in [0.5, 0.6) is 0 Å². The summed E-state index contributed by atoms with van der Waals surface area (Å²) in [5.41, 5.74) is 8.25. The molecule has 2 N–H and O–H groups in total. The molecule has 4 aliphatic rings. The first-order valence-corrected chi connectivity index (χ1v) is 26.6. The van der Waals surface area contributed by atoms with Crippen molar-refractivity contribution in [3.63, 3.8) is 0 Å². The number of likely N-dealkylation sites (tertiary alicyclic amines) is 1. The number of halogens is 3. The van der Waals surface area contributed by atoms with E-state index < -0.39 is 11.7 Å². The number of hydrogen-bond acceptors (Lipinski definition) is 10. The highest BCUT2D eigenvalue weighted by Crippen LogP contribution is 2.38. The Kier molecular flexibility index (Phi) is 28.3. The Balaban J connectivity index is 0.00000133. The van der Waals surface area contributed by atoms with Gasteiger partial charge in [0.1, 0.15) is 12.6 Å². The molecule has 13 heteroatoms. The first kappa shape index (κ1) is 62.7. The maximum atomic E-state index is 14.5. The molecule has 2 saturated heterocycles. The molecule has 0 bridgehead atoms. The lowest BCUT2D eigenvalue weighted by Gasteiger charge is -2.35. The lowest BCUT2D eigenvalue weighted by atomic mass is 9.88. The van der Waals surface area contributed by atoms with Crippen LogP contribution < -0.4 is 15.1 Å². The number of ether oxygens (including phenoxy) is 1. The van der Waals surface area contributed by atoms with Gasteiger partial charge in [-0.05, 0) is 149 Å². The Morgan fingerprint density at radius 1 is 0.905 bits per heavy atom. The van der Waals surface area contributed by atoms with Gasteiger partial charge in [-0.2, -0.15) is 13.2 Å². The average Bonchev–Trinajstić information content (AvgIpc) is 3.39. The van der Waals surface area contributed by atoms with Crippen LogP contribution >= 0.6 is 0 Å². The van der Waals surface area contributed by atoms with Crippen LogP contribution in [-0.4, -0.2) is 120 Å². The number of nitrogens with zero attached hydrogens (tertiary/aromatic N) is 5. The highest BCUT2D eigenvalue weighted by molar-refractivity contribution is 5.78. The molecular formula is C61H88F3N7O3. The summed E-state index contributed by atoms with van der Waals surface area (Å²) in [6, 6.07) is 22.5. The van der Waals surface area contributed by atoms with E-state index in [1.54, 1.807) is 30.1 Å². The van der Waals surface area contributed by atoms with E-state index in [9.17, 15) is 22.8 Å². The van der Waals surface area contributed by atoms with Crippen molar-refractivity contribution < 1.29 is 27.5 Å². The zero-order chi connectivity index (χ0) is 54.6. The summed E-state index contributed by atoms with van der Waals surface area (Å²) in [6.45, 7) is 24.1. The molecule has 1 unspecified atom stereocenters. The van der Waals surface area contributed by atoms with Gasteiger partial charge < -0.3 is 35.0 Å². The first-order chi connectivity index (χ1) is 35.7. The zero-order valence-electron chi connectivity index (χ0n) is 45.8. The summed E-state index contributed by atoms with van der Waals surface area (Å²) >= 11 is 0. The van der Waals surface area contributed by atoms with Crippen molar-refractivity contribution in [1.29, 1.82) is 5.41 Å². The molecule has 3 fully saturated rings. The van der Waals surface area contributed by atoms with E-state index in [0.717, 1.165) is 117 Å². The molecule has 3 heterocycles. The van der Waals surface area contributed by atoms with Crippen molar-refractivity contribution >= 4 is 30.7 Å². The van der Waals surface area contributed by atoms with Gasteiger partial charge in [-0.1, -0.05) is 81.5 Å². The van der Waals surface area contributed by atoms with Crippen molar-refractivity contribution in [1.82, 2.24) is 20.0 Å². The standard InChI is InChI=1S/C52H67F3N6O3.C4H8.C2H6.C2H4.CH3N/c1-38(2)10-16-48(36-63)57(4)33-45-30-47(17-15-44(45)35-62)61-26-19-43(20-27-61)42-13-11-40(12-14-42)37-64-49-21-24-60(25-22-49)32-41-29-50(52(53,54)55)51(59(6)31-41)34-58(5)46-9-7-8-39(28-46)18-23-56-3;1-2-4-3-1;3*1-2/h7-9,11-15,17,28-31,34-36,43,48-49,56H,1,10,16,18-27,32-33,37H2,2-6H3;1-4H2;1-2H3;1-2H2;2H,1H2/b51-34-;;;;.